The molecule has 0 unspecified atom stereocenters. The molecule has 74 valence electrons. The third kappa shape index (κ3) is 1.27. The van der Waals surface area contributed by atoms with Crippen LogP contribution in [0.25, 0.3) is 5.82 Å². The molecule has 2 rings (SSSR count). The van der Waals surface area contributed by atoms with Crippen LogP contribution < -0.4 is 0 Å². The predicted octanol–water partition coefficient (Wildman–Crippen LogP) is 3.04. The highest BCUT2D eigenvalue weighted by atomic mass is 15.1. The van der Waals surface area contributed by atoms with E-state index < -0.39 is 0 Å². The van der Waals surface area contributed by atoms with Gasteiger partial charge in [0.25, 0.3) is 0 Å². The minimum atomic E-state index is 1.19. The molecule has 0 atom stereocenters. The summed E-state index contributed by atoms with van der Waals surface area (Å²) >= 11 is 0. The van der Waals surface area contributed by atoms with E-state index >= 15 is 0 Å². The van der Waals surface area contributed by atoms with E-state index in [1.54, 1.807) is 0 Å². The molecule has 0 aromatic carbocycles. The van der Waals surface area contributed by atoms with Crippen LogP contribution in [0.5, 0.6) is 0 Å². The second kappa shape index (κ2) is 3.05. The van der Waals surface area contributed by atoms with Gasteiger partial charge in [-0.3, -0.25) is 0 Å². The molecule has 0 aliphatic carbocycles. The van der Waals surface area contributed by atoms with Gasteiger partial charge >= 0.3 is 0 Å². The maximum absolute atomic E-state index is 3.38. The maximum Gasteiger partial charge on any atom is 0.117 e. The number of nitrogens with one attached hydrogen (secondary N) is 1. The molecule has 2 heterocycles. The van der Waals surface area contributed by atoms with Gasteiger partial charge in [-0.15, -0.1) is 0 Å². The number of H-pyrrole nitrogens is 1. The molecule has 0 radical (unpaired) electrons. The van der Waals surface area contributed by atoms with E-state index in [2.05, 4.69) is 55.6 Å². The lowest BCUT2D eigenvalue weighted by molar-refractivity contribution is 0.952. The van der Waals surface area contributed by atoms with Crippen molar-refractivity contribution in [3.63, 3.8) is 0 Å². The zero-order chi connectivity index (χ0) is 10.3. The van der Waals surface area contributed by atoms with Gasteiger partial charge < -0.3 is 9.55 Å². The Morgan fingerprint density at radius 1 is 1.07 bits per heavy atom. The Balaban J connectivity index is 2.59. The second-order valence-corrected chi connectivity index (χ2v) is 3.94. The molecule has 2 aromatic rings. The van der Waals surface area contributed by atoms with Crippen molar-refractivity contribution in [2.75, 3.05) is 0 Å². The van der Waals surface area contributed by atoms with Crippen molar-refractivity contribution in [3.05, 3.63) is 40.8 Å². The largest absolute Gasteiger partial charge is 0.345 e. The monoisotopic (exact) mass is 188 g/mol. The normalized spacial score (nSPS) is 10.9. The van der Waals surface area contributed by atoms with E-state index in [0.29, 0.717) is 0 Å². The lowest BCUT2D eigenvalue weighted by Crippen LogP contribution is -1.97. The first-order chi connectivity index (χ1) is 6.59. The standard InChI is InChI=1S/C12H16N2/c1-8-5-6-14(11(8)4)12-9(2)7-10(3)13-12/h5-7,13H,1-4H3. The number of nitrogens with zero attached hydrogens (tertiary/aromatic N) is 1. The zero-order valence-electron chi connectivity index (χ0n) is 9.18. The number of hydrogen-bond acceptors (Lipinski definition) is 0. The molecule has 2 heteroatoms. The first-order valence-corrected chi connectivity index (χ1v) is 4.90. The Bertz CT molecular complexity index is 461. The molecule has 0 aliphatic heterocycles. The van der Waals surface area contributed by atoms with Gasteiger partial charge in [-0.2, -0.15) is 0 Å². The number of hydrogen-bond donors (Lipinski definition) is 1. The summed E-state index contributed by atoms with van der Waals surface area (Å²) in [5, 5.41) is 0. The number of aromatic amines is 1. The quantitative estimate of drug-likeness (QED) is 0.710. The first-order valence-electron chi connectivity index (χ1n) is 4.90. The SMILES string of the molecule is Cc1cc(C)c(-n2ccc(C)c2C)[nH]1. The molecule has 0 amide bonds. The third-order valence-electron chi connectivity index (χ3n) is 2.77. The van der Waals surface area contributed by atoms with Crippen molar-refractivity contribution in [1.29, 1.82) is 0 Å². The van der Waals surface area contributed by atoms with Gasteiger partial charge in [-0.05, 0) is 51.0 Å². The average molecular weight is 188 g/mol. The Kier molecular flexibility index (Phi) is 1.99. The summed E-state index contributed by atoms with van der Waals surface area (Å²) in [6.07, 6.45) is 2.11. The van der Waals surface area contributed by atoms with Crippen molar-refractivity contribution in [1.82, 2.24) is 9.55 Å². The molecule has 2 aromatic heterocycles. The van der Waals surface area contributed by atoms with Gasteiger partial charge in [0.2, 0.25) is 0 Å². The molecule has 0 saturated heterocycles. The van der Waals surface area contributed by atoms with Crippen molar-refractivity contribution < 1.29 is 0 Å². The van der Waals surface area contributed by atoms with Crippen LogP contribution in [-0.4, -0.2) is 9.55 Å². The van der Waals surface area contributed by atoms with Gasteiger partial charge in [0.1, 0.15) is 5.82 Å². The highest BCUT2D eigenvalue weighted by Gasteiger charge is 2.07. The summed E-state index contributed by atoms with van der Waals surface area (Å²) in [5.74, 6) is 1.19. The Morgan fingerprint density at radius 3 is 2.21 bits per heavy atom. The second-order valence-electron chi connectivity index (χ2n) is 3.94. The lowest BCUT2D eigenvalue weighted by atomic mass is 10.3. The fourth-order valence-electron chi connectivity index (χ4n) is 1.82. The Labute approximate surface area is 84.6 Å². The topological polar surface area (TPSA) is 20.7 Å². The van der Waals surface area contributed by atoms with Crippen LogP contribution in [-0.2, 0) is 0 Å². The zero-order valence-corrected chi connectivity index (χ0v) is 9.18. The summed E-state index contributed by atoms with van der Waals surface area (Å²) in [4.78, 5) is 3.38. The molecule has 0 fully saturated rings. The van der Waals surface area contributed by atoms with Crippen LogP contribution in [0.15, 0.2) is 18.3 Å². The van der Waals surface area contributed by atoms with E-state index in [4.69, 9.17) is 0 Å². The van der Waals surface area contributed by atoms with Gasteiger partial charge in [-0.25, -0.2) is 0 Å². The van der Waals surface area contributed by atoms with E-state index in [0.717, 1.165) is 0 Å². The van der Waals surface area contributed by atoms with Gasteiger partial charge in [0.05, 0.1) is 0 Å². The molecular weight excluding hydrogens is 172 g/mol. The highest BCUT2D eigenvalue weighted by molar-refractivity contribution is 5.40. The smallest absolute Gasteiger partial charge is 0.117 e. The summed E-state index contributed by atoms with van der Waals surface area (Å²) in [6.45, 7) is 8.50. The summed E-state index contributed by atoms with van der Waals surface area (Å²) in [6, 6.07) is 4.31. The van der Waals surface area contributed by atoms with Gasteiger partial charge in [-0.1, -0.05) is 0 Å². The van der Waals surface area contributed by atoms with E-state index in [1.807, 2.05) is 0 Å². The minimum Gasteiger partial charge on any atom is -0.345 e. The Hall–Kier alpha value is -1.44. The van der Waals surface area contributed by atoms with Crippen LogP contribution in [0.2, 0.25) is 0 Å². The highest BCUT2D eigenvalue weighted by Crippen LogP contribution is 2.18. The first kappa shape index (κ1) is 9.13. The van der Waals surface area contributed by atoms with E-state index in [1.165, 1.54) is 28.3 Å². The van der Waals surface area contributed by atoms with Crippen molar-refractivity contribution >= 4 is 0 Å². The minimum absolute atomic E-state index is 1.19. The molecule has 1 N–H and O–H groups in total. The van der Waals surface area contributed by atoms with Gasteiger partial charge in [0.15, 0.2) is 0 Å². The summed E-state index contributed by atoms with van der Waals surface area (Å²) in [7, 11) is 0. The number of aryl methyl sites for hydroxylation is 3. The summed E-state index contributed by atoms with van der Waals surface area (Å²) in [5.41, 5.74) is 5.14. The molecular formula is C12H16N2. The van der Waals surface area contributed by atoms with Crippen molar-refractivity contribution in [2.24, 2.45) is 0 Å². The molecule has 2 nitrogen and oxygen atoms in total. The van der Waals surface area contributed by atoms with Crippen LogP contribution in [0.4, 0.5) is 0 Å². The molecule has 14 heavy (non-hydrogen) atoms. The molecule has 0 saturated carbocycles. The van der Waals surface area contributed by atoms with Crippen LogP contribution in [0.1, 0.15) is 22.5 Å². The number of aromatic nitrogens is 2. The molecule has 0 spiro atoms. The third-order valence-corrected chi connectivity index (χ3v) is 2.77. The predicted molar refractivity (Wildman–Crippen MR) is 59.1 cm³/mol. The lowest BCUT2D eigenvalue weighted by Gasteiger charge is -2.05. The van der Waals surface area contributed by atoms with Crippen LogP contribution >= 0.6 is 0 Å². The fraction of sp³-hybridized carbons (Fsp3) is 0.333. The van der Waals surface area contributed by atoms with Crippen LogP contribution in [0, 0.1) is 27.7 Å². The van der Waals surface area contributed by atoms with E-state index in [9.17, 15) is 0 Å². The average Bonchev–Trinajstić information content (AvgIpc) is 2.59. The maximum atomic E-state index is 3.38. The van der Waals surface area contributed by atoms with Crippen molar-refractivity contribution in [3.8, 4) is 5.82 Å². The Morgan fingerprint density at radius 2 is 1.79 bits per heavy atom. The fourth-order valence-corrected chi connectivity index (χ4v) is 1.82. The van der Waals surface area contributed by atoms with Gasteiger partial charge in [0, 0.05) is 17.6 Å². The van der Waals surface area contributed by atoms with E-state index in [-0.39, 0.29) is 0 Å². The molecule has 0 aliphatic rings. The summed E-state index contributed by atoms with van der Waals surface area (Å²) < 4.78 is 2.21. The van der Waals surface area contributed by atoms with Crippen molar-refractivity contribution in [2.45, 2.75) is 27.7 Å². The van der Waals surface area contributed by atoms with Crippen LogP contribution in [0.3, 0.4) is 0 Å². The molecule has 0 bridgehead atoms. The number of rotatable bonds is 1.